The first-order valence-electron chi connectivity index (χ1n) is 11.2. The number of amides is 2. The van der Waals surface area contributed by atoms with Crippen LogP contribution in [0.25, 0.3) is 5.57 Å². The molecule has 2 aromatic rings. The van der Waals surface area contributed by atoms with Gasteiger partial charge in [-0.2, -0.15) is 0 Å². The fourth-order valence-electron chi connectivity index (χ4n) is 3.68. The summed E-state index contributed by atoms with van der Waals surface area (Å²) in [6.07, 6.45) is 0.906. The minimum atomic E-state index is -0.350. The van der Waals surface area contributed by atoms with Crippen LogP contribution in [0.4, 0.5) is 5.69 Å². The molecule has 7 nitrogen and oxygen atoms in total. The van der Waals surface area contributed by atoms with Gasteiger partial charge in [-0.1, -0.05) is 36.8 Å². The van der Waals surface area contributed by atoms with E-state index in [9.17, 15) is 9.59 Å². The van der Waals surface area contributed by atoms with E-state index < -0.39 is 0 Å². The third kappa shape index (κ3) is 5.61. The van der Waals surface area contributed by atoms with Crippen molar-refractivity contribution >= 4 is 23.1 Å². The summed E-state index contributed by atoms with van der Waals surface area (Å²) in [6.45, 7) is 6.36. The second kappa shape index (κ2) is 11.6. The Kier molecular flexibility index (Phi) is 8.63. The normalized spacial score (nSPS) is 13.8. The molecule has 0 atom stereocenters. The van der Waals surface area contributed by atoms with Crippen LogP contribution >= 0.6 is 0 Å². The Morgan fingerprint density at radius 2 is 1.42 bits per heavy atom. The predicted octanol–water partition coefficient (Wildman–Crippen LogP) is 3.66. The molecule has 2 aromatic carbocycles. The minimum absolute atomic E-state index is 0.346. The third-order valence-electron chi connectivity index (χ3n) is 5.41. The Morgan fingerprint density at radius 1 is 0.818 bits per heavy atom. The zero-order chi connectivity index (χ0) is 23.8. The Labute approximate surface area is 195 Å². The molecule has 0 saturated carbocycles. The van der Waals surface area contributed by atoms with Crippen LogP contribution in [-0.2, 0) is 19.1 Å². The molecule has 0 unspecified atom stereocenters. The highest BCUT2D eigenvalue weighted by molar-refractivity contribution is 6.45. The molecule has 0 radical (unpaired) electrons. The maximum atomic E-state index is 13.7. The molecule has 0 spiro atoms. The Morgan fingerprint density at radius 3 is 1.97 bits per heavy atom. The van der Waals surface area contributed by atoms with Crippen LogP contribution in [0.3, 0.4) is 0 Å². The molecule has 0 saturated heterocycles. The number of carbonyl (C=O) groups excluding carboxylic acids is 2. The number of anilines is 1. The number of nitrogens with zero attached hydrogens (tertiary/aromatic N) is 2. The second-order valence-electron chi connectivity index (χ2n) is 7.85. The standard InChI is InChI=1S/C26H32N2O5/c1-5-16-33-22-12-8-20(9-13-22)23-24(27(14-17-31-3)15-18-32-4)26(30)28(25(23)29)21-10-6-19(2)7-11-21/h6-13H,5,14-18H2,1-4H3. The molecule has 1 aliphatic heterocycles. The highest BCUT2D eigenvalue weighted by Gasteiger charge is 2.42. The van der Waals surface area contributed by atoms with Gasteiger partial charge in [-0.15, -0.1) is 0 Å². The number of imide groups is 1. The summed E-state index contributed by atoms with van der Waals surface area (Å²) in [5.74, 6) is 0.0313. The highest BCUT2D eigenvalue weighted by Crippen LogP contribution is 2.35. The first kappa shape index (κ1) is 24.5. The molecule has 1 aliphatic rings. The summed E-state index contributed by atoms with van der Waals surface area (Å²) < 4.78 is 16.2. The summed E-state index contributed by atoms with van der Waals surface area (Å²) in [7, 11) is 3.22. The molecule has 33 heavy (non-hydrogen) atoms. The van der Waals surface area contributed by atoms with Crippen molar-refractivity contribution in [3.63, 3.8) is 0 Å². The van der Waals surface area contributed by atoms with Gasteiger partial charge in [-0.25, -0.2) is 4.90 Å². The minimum Gasteiger partial charge on any atom is -0.494 e. The van der Waals surface area contributed by atoms with Gasteiger partial charge in [0.05, 0.1) is 31.1 Å². The molecule has 176 valence electrons. The van der Waals surface area contributed by atoms with Gasteiger partial charge in [-0.05, 0) is 43.2 Å². The van der Waals surface area contributed by atoms with E-state index in [0.29, 0.717) is 55.4 Å². The molecule has 3 rings (SSSR count). The smallest absolute Gasteiger partial charge is 0.282 e. The molecule has 7 heteroatoms. The maximum Gasteiger partial charge on any atom is 0.282 e. The molecular weight excluding hydrogens is 420 g/mol. The van der Waals surface area contributed by atoms with Crippen LogP contribution < -0.4 is 9.64 Å². The SMILES string of the molecule is CCCOc1ccc(C2=C(N(CCOC)CCOC)C(=O)N(c3ccc(C)cc3)C2=O)cc1. The Balaban J connectivity index is 2.06. The molecule has 1 heterocycles. The summed E-state index contributed by atoms with van der Waals surface area (Å²) >= 11 is 0. The van der Waals surface area contributed by atoms with E-state index in [1.165, 1.54) is 4.90 Å². The van der Waals surface area contributed by atoms with Crippen LogP contribution in [0.1, 0.15) is 24.5 Å². The lowest BCUT2D eigenvalue weighted by Gasteiger charge is -2.25. The number of benzene rings is 2. The van der Waals surface area contributed by atoms with E-state index in [1.807, 2.05) is 55.1 Å². The fourth-order valence-corrected chi connectivity index (χ4v) is 3.68. The van der Waals surface area contributed by atoms with Crippen molar-refractivity contribution in [3.05, 3.63) is 65.4 Å². The zero-order valence-corrected chi connectivity index (χ0v) is 19.8. The summed E-state index contributed by atoms with van der Waals surface area (Å²) in [5, 5.41) is 0. The van der Waals surface area contributed by atoms with E-state index >= 15 is 0 Å². The van der Waals surface area contributed by atoms with Crippen molar-refractivity contribution in [3.8, 4) is 5.75 Å². The van der Waals surface area contributed by atoms with Crippen LogP contribution in [-0.4, -0.2) is 63.8 Å². The molecule has 0 fully saturated rings. The van der Waals surface area contributed by atoms with E-state index in [-0.39, 0.29) is 11.8 Å². The molecule has 0 aromatic heterocycles. The number of aryl methyl sites for hydroxylation is 1. The number of carbonyl (C=O) groups is 2. The van der Waals surface area contributed by atoms with E-state index in [1.54, 1.807) is 26.4 Å². The van der Waals surface area contributed by atoms with Crippen molar-refractivity contribution in [1.82, 2.24) is 4.90 Å². The summed E-state index contributed by atoms with van der Waals surface area (Å²) in [4.78, 5) is 30.4. The lowest BCUT2D eigenvalue weighted by atomic mass is 10.0. The number of ether oxygens (including phenoxy) is 3. The van der Waals surface area contributed by atoms with Gasteiger partial charge in [0.15, 0.2) is 0 Å². The number of rotatable bonds is 12. The molecule has 0 aliphatic carbocycles. The molecule has 2 amide bonds. The molecule has 0 bridgehead atoms. The van der Waals surface area contributed by atoms with Crippen LogP contribution in [0.2, 0.25) is 0 Å². The third-order valence-corrected chi connectivity index (χ3v) is 5.41. The lowest BCUT2D eigenvalue weighted by Crippen LogP contribution is -2.37. The second-order valence-corrected chi connectivity index (χ2v) is 7.85. The van der Waals surface area contributed by atoms with Crippen LogP contribution in [0.5, 0.6) is 5.75 Å². The van der Waals surface area contributed by atoms with E-state index in [0.717, 1.165) is 17.7 Å². The molecular formula is C26H32N2O5. The van der Waals surface area contributed by atoms with Gasteiger partial charge in [0.1, 0.15) is 11.4 Å². The van der Waals surface area contributed by atoms with Crippen molar-refractivity contribution in [1.29, 1.82) is 0 Å². The monoisotopic (exact) mass is 452 g/mol. The highest BCUT2D eigenvalue weighted by atomic mass is 16.5. The zero-order valence-electron chi connectivity index (χ0n) is 19.8. The van der Waals surface area contributed by atoms with Gasteiger partial charge in [0, 0.05) is 27.3 Å². The van der Waals surface area contributed by atoms with Gasteiger partial charge in [0.25, 0.3) is 11.8 Å². The van der Waals surface area contributed by atoms with Crippen molar-refractivity contribution in [2.45, 2.75) is 20.3 Å². The van der Waals surface area contributed by atoms with Crippen LogP contribution in [0, 0.1) is 6.92 Å². The summed E-state index contributed by atoms with van der Waals surface area (Å²) in [5.41, 5.74) is 2.99. The van der Waals surface area contributed by atoms with Gasteiger partial charge >= 0.3 is 0 Å². The predicted molar refractivity (Wildman–Crippen MR) is 128 cm³/mol. The fraction of sp³-hybridized carbons (Fsp3) is 0.385. The first-order valence-corrected chi connectivity index (χ1v) is 11.2. The average Bonchev–Trinajstić information content (AvgIpc) is 3.08. The topological polar surface area (TPSA) is 68.3 Å². The van der Waals surface area contributed by atoms with E-state index in [4.69, 9.17) is 14.2 Å². The number of hydrogen-bond donors (Lipinski definition) is 0. The van der Waals surface area contributed by atoms with Gasteiger partial charge in [-0.3, -0.25) is 9.59 Å². The largest absolute Gasteiger partial charge is 0.494 e. The quantitative estimate of drug-likeness (QED) is 0.458. The lowest BCUT2D eigenvalue weighted by molar-refractivity contribution is -0.120. The number of hydrogen-bond acceptors (Lipinski definition) is 6. The Bertz CT molecular complexity index is 975. The average molecular weight is 453 g/mol. The van der Waals surface area contributed by atoms with E-state index in [2.05, 4.69) is 0 Å². The molecule has 0 N–H and O–H groups in total. The number of methoxy groups -OCH3 is 2. The summed E-state index contributed by atoms with van der Waals surface area (Å²) in [6, 6.07) is 14.7. The van der Waals surface area contributed by atoms with Gasteiger partial charge < -0.3 is 19.1 Å². The van der Waals surface area contributed by atoms with Crippen molar-refractivity contribution < 1.29 is 23.8 Å². The van der Waals surface area contributed by atoms with Crippen molar-refractivity contribution in [2.75, 3.05) is 52.0 Å². The van der Waals surface area contributed by atoms with Gasteiger partial charge in [0.2, 0.25) is 0 Å². The maximum absolute atomic E-state index is 13.7. The van der Waals surface area contributed by atoms with Crippen molar-refractivity contribution in [2.24, 2.45) is 0 Å². The Hall–Kier alpha value is -3.16. The van der Waals surface area contributed by atoms with Crippen LogP contribution in [0.15, 0.2) is 54.2 Å². The first-order chi connectivity index (χ1) is 16.0.